The molecule has 0 radical (unpaired) electrons. The zero-order valence-corrected chi connectivity index (χ0v) is 8.52. The van der Waals surface area contributed by atoms with Gasteiger partial charge < -0.3 is 5.73 Å². The van der Waals surface area contributed by atoms with Crippen LogP contribution in [0, 0.1) is 0 Å². The van der Waals surface area contributed by atoms with E-state index in [0.717, 1.165) is 4.47 Å². The first-order valence-corrected chi connectivity index (χ1v) is 4.30. The second kappa shape index (κ2) is 3.32. The van der Waals surface area contributed by atoms with Crippen LogP contribution in [0.15, 0.2) is 21.3 Å². The lowest BCUT2D eigenvalue weighted by Gasteiger charge is -1.97. The molecule has 0 spiro atoms. The zero-order chi connectivity index (χ0) is 8.43. The summed E-state index contributed by atoms with van der Waals surface area (Å²) >= 11 is 6.27. The molecule has 0 saturated heterocycles. The number of rotatable bonds is 1. The van der Waals surface area contributed by atoms with Crippen molar-refractivity contribution < 1.29 is 4.79 Å². The molecule has 0 aromatic carbocycles. The standard InChI is InChI=1S/C6H4Br2N2O/c7-3-1-4(6(9)11)5(8)10-2-3/h1-2H,(H2,9,11). The van der Waals surface area contributed by atoms with Crippen molar-refractivity contribution in [1.82, 2.24) is 4.98 Å². The largest absolute Gasteiger partial charge is 0.366 e. The molecule has 3 nitrogen and oxygen atoms in total. The summed E-state index contributed by atoms with van der Waals surface area (Å²) in [5.74, 6) is -0.495. The Morgan fingerprint density at radius 2 is 2.18 bits per heavy atom. The third kappa shape index (κ3) is 2.00. The van der Waals surface area contributed by atoms with Crippen molar-refractivity contribution in [2.24, 2.45) is 5.73 Å². The van der Waals surface area contributed by atoms with E-state index in [1.54, 1.807) is 12.3 Å². The first kappa shape index (κ1) is 8.67. The summed E-state index contributed by atoms with van der Waals surface area (Å²) in [6, 6.07) is 1.61. The number of nitrogens with zero attached hydrogens (tertiary/aromatic N) is 1. The number of carbonyl (C=O) groups is 1. The summed E-state index contributed by atoms with van der Waals surface area (Å²) in [6.07, 6.45) is 1.58. The molecule has 0 unspecified atom stereocenters. The van der Waals surface area contributed by atoms with Crippen molar-refractivity contribution in [1.29, 1.82) is 0 Å². The number of hydrogen-bond donors (Lipinski definition) is 1. The number of halogens is 2. The molecule has 0 saturated carbocycles. The minimum absolute atomic E-state index is 0.374. The van der Waals surface area contributed by atoms with Crippen LogP contribution in [0.4, 0.5) is 0 Å². The van der Waals surface area contributed by atoms with Gasteiger partial charge in [0.05, 0.1) is 5.56 Å². The van der Waals surface area contributed by atoms with Crippen molar-refractivity contribution in [2.75, 3.05) is 0 Å². The molecule has 1 heterocycles. The number of pyridine rings is 1. The molecular weight excluding hydrogens is 276 g/mol. The fourth-order valence-corrected chi connectivity index (χ4v) is 1.34. The Bertz CT molecular complexity index is 301. The van der Waals surface area contributed by atoms with Gasteiger partial charge in [-0.3, -0.25) is 4.79 Å². The van der Waals surface area contributed by atoms with Crippen LogP contribution in [0.25, 0.3) is 0 Å². The van der Waals surface area contributed by atoms with Gasteiger partial charge in [0.2, 0.25) is 0 Å². The fraction of sp³-hybridized carbons (Fsp3) is 0. The van der Waals surface area contributed by atoms with Crippen molar-refractivity contribution in [3.8, 4) is 0 Å². The molecule has 1 rings (SSSR count). The number of carbonyl (C=O) groups excluding carboxylic acids is 1. The monoisotopic (exact) mass is 278 g/mol. The molecular formula is C6H4Br2N2O. The third-order valence-corrected chi connectivity index (χ3v) is 2.14. The first-order valence-electron chi connectivity index (χ1n) is 2.72. The number of hydrogen-bond acceptors (Lipinski definition) is 2. The van der Waals surface area contributed by atoms with E-state index in [1.165, 1.54) is 0 Å². The minimum Gasteiger partial charge on any atom is -0.366 e. The van der Waals surface area contributed by atoms with Gasteiger partial charge in [-0.25, -0.2) is 4.98 Å². The van der Waals surface area contributed by atoms with E-state index >= 15 is 0 Å². The first-order chi connectivity index (χ1) is 5.11. The Balaban J connectivity index is 3.23. The van der Waals surface area contributed by atoms with Gasteiger partial charge in [0.25, 0.3) is 5.91 Å². The highest BCUT2D eigenvalue weighted by Gasteiger charge is 2.06. The molecule has 0 bridgehead atoms. The molecule has 0 aliphatic rings. The van der Waals surface area contributed by atoms with Gasteiger partial charge >= 0.3 is 0 Å². The molecule has 2 N–H and O–H groups in total. The predicted molar refractivity (Wildman–Crippen MR) is 48.2 cm³/mol. The smallest absolute Gasteiger partial charge is 0.251 e. The Labute approximate surface area is 80.3 Å². The fourth-order valence-electron chi connectivity index (χ4n) is 0.595. The van der Waals surface area contributed by atoms with E-state index in [9.17, 15) is 4.79 Å². The van der Waals surface area contributed by atoms with Gasteiger partial charge in [-0.1, -0.05) is 0 Å². The quantitative estimate of drug-likeness (QED) is 0.796. The Morgan fingerprint density at radius 3 is 2.64 bits per heavy atom. The number of nitrogens with two attached hydrogens (primary N) is 1. The normalized spacial score (nSPS) is 9.64. The molecule has 1 aromatic heterocycles. The lowest BCUT2D eigenvalue weighted by atomic mass is 10.3. The molecule has 1 amide bonds. The molecule has 11 heavy (non-hydrogen) atoms. The van der Waals surface area contributed by atoms with Crippen LogP contribution in [0.1, 0.15) is 10.4 Å². The van der Waals surface area contributed by atoms with Crippen LogP contribution < -0.4 is 5.73 Å². The van der Waals surface area contributed by atoms with Crippen LogP contribution in [0.5, 0.6) is 0 Å². The molecule has 58 valence electrons. The summed E-state index contributed by atoms with van der Waals surface area (Å²) in [4.78, 5) is 14.6. The van der Waals surface area contributed by atoms with Crippen LogP contribution in [-0.4, -0.2) is 10.9 Å². The van der Waals surface area contributed by atoms with E-state index in [1.807, 2.05) is 0 Å². The van der Waals surface area contributed by atoms with Gasteiger partial charge in [-0.15, -0.1) is 0 Å². The van der Waals surface area contributed by atoms with E-state index in [0.29, 0.717) is 10.2 Å². The van der Waals surface area contributed by atoms with Gasteiger partial charge in [-0.05, 0) is 37.9 Å². The average molecular weight is 280 g/mol. The highest BCUT2D eigenvalue weighted by molar-refractivity contribution is 9.11. The average Bonchev–Trinajstić information content (AvgIpc) is 1.94. The Morgan fingerprint density at radius 1 is 1.55 bits per heavy atom. The highest BCUT2D eigenvalue weighted by Crippen LogP contribution is 2.17. The van der Waals surface area contributed by atoms with E-state index in [2.05, 4.69) is 36.8 Å². The lowest BCUT2D eigenvalue weighted by Crippen LogP contribution is -2.12. The van der Waals surface area contributed by atoms with Gasteiger partial charge in [-0.2, -0.15) is 0 Å². The second-order valence-corrected chi connectivity index (χ2v) is 3.52. The predicted octanol–water partition coefficient (Wildman–Crippen LogP) is 1.71. The van der Waals surface area contributed by atoms with Gasteiger partial charge in [0.1, 0.15) is 4.60 Å². The summed E-state index contributed by atoms with van der Waals surface area (Å²) in [7, 11) is 0. The lowest BCUT2D eigenvalue weighted by molar-refractivity contribution is 0.0999. The van der Waals surface area contributed by atoms with E-state index in [4.69, 9.17) is 5.73 Å². The molecule has 0 atom stereocenters. The van der Waals surface area contributed by atoms with Crippen LogP contribution in [-0.2, 0) is 0 Å². The highest BCUT2D eigenvalue weighted by atomic mass is 79.9. The summed E-state index contributed by atoms with van der Waals surface area (Å²) < 4.78 is 1.20. The number of aromatic nitrogens is 1. The number of primary amides is 1. The molecule has 0 aliphatic heterocycles. The van der Waals surface area contributed by atoms with E-state index in [-0.39, 0.29) is 0 Å². The third-order valence-electron chi connectivity index (χ3n) is 1.07. The van der Waals surface area contributed by atoms with Crippen molar-refractivity contribution in [3.05, 3.63) is 26.9 Å². The maximum Gasteiger partial charge on any atom is 0.251 e. The molecule has 1 aromatic rings. The van der Waals surface area contributed by atoms with Crippen LogP contribution in [0.2, 0.25) is 0 Å². The van der Waals surface area contributed by atoms with Crippen molar-refractivity contribution >= 4 is 37.8 Å². The summed E-state index contributed by atoms with van der Waals surface area (Å²) in [5, 5.41) is 0. The summed E-state index contributed by atoms with van der Waals surface area (Å²) in [5.41, 5.74) is 5.43. The summed E-state index contributed by atoms with van der Waals surface area (Å²) in [6.45, 7) is 0. The minimum atomic E-state index is -0.495. The molecule has 0 aliphatic carbocycles. The Kier molecular flexibility index (Phi) is 2.62. The van der Waals surface area contributed by atoms with Crippen molar-refractivity contribution in [3.63, 3.8) is 0 Å². The van der Waals surface area contributed by atoms with Crippen LogP contribution in [0.3, 0.4) is 0 Å². The maximum absolute atomic E-state index is 10.7. The topological polar surface area (TPSA) is 56.0 Å². The Hall–Kier alpha value is -0.420. The van der Waals surface area contributed by atoms with E-state index < -0.39 is 5.91 Å². The SMILES string of the molecule is NC(=O)c1cc(Br)cnc1Br. The molecule has 0 fully saturated rings. The molecule has 5 heteroatoms. The van der Waals surface area contributed by atoms with Gasteiger partial charge in [0, 0.05) is 10.7 Å². The zero-order valence-electron chi connectivity index (χ0n) is 5.34. The maximum atomic E-state index is 10.7. The number of amides is 1. The van der Waals surface area contributed by atoms with Crippen molar-refractivity contribution in [2.45, 2.75) is 0 Å². The second-order valence-electron chi connectivity index (χ2n) is 1.86. The van der Waals surface area contributed by atoms with Gasteiger partial charge in [0.15, 0.2) is 0 Å². The van der Waals surface area contributed by atoms with Crippen LogP contribution >= 0.6 is 31.9 Å².